The van der Waals surface area contributed by atoms with Crippen LogP contribution in [0.2, 0.25) is 0 Å². The van der Waals surface area contributed by atoms with E-state index in [4.69, 9.17) is 14.2 Å². The maximum Gasteiger partial charge on any atom is 0.380 e. The molecule has 2 aromatic rings. The zero-order valence-electron chi connectivity index (χ0n) is 22.0. The van der Waals surface area contributed by atoms with Gasteiger partial charge < -0.3 is 14.2 Å². The molecule has 0 aliphatic carbocycles. The van der Waals surface area contributed by atoms with E-state index >= 15 is 0 Å². The van der Waals surface area contributed by atoms with Gasteiger partial charge in [-0.3, -0.25) is 4.79 Å². The van der Waals surface area contributed by atoms with Gasteiger partial charge in [-0.15, -0.1) is 0 Å². The van der Waals surface area contributed by atoms with Gasteiger partial charge in [-0.1, -0.05) is 78.8 Å². The van der Waals surface area contributed by atoms with Crippen molar-refractivity contribution in [2.75, 3.05) is 13.7 Å². The first kappa shape index (κ1) is 27.6. The largest absolute Gasteiger partial charge is 0.497 e. The molecule has 186 valence electrons. The molecule has 0 saturated carbocycles. The molecule has 0 saturated heterocycles. The van der Waals surface area contributed by atoms with Crippen LogP contribution in [0.3, 0.4) is 0 Å². The van der Waals surface area contributed by atoms with Gasteiger partial charge in [0.05, 0.1) is 13.7 Å². The first-order valence-electron chi connectivity index (χ1n) is 11.9. The fraction of sp³-hybridized carbons (Fsp3) is 0.517. The third kappa shape index (κ3) is 7.69. The summed E-state index contributed by atoms with van der Waals surface area (Å²) in [5.41, 5.74) is 2.16. The maximum atomic E-state index is 12.9. The summed E-state index contributed by atoms with van der Waals surface area (Å²) in [7, 11) is 1.62. The van der Waals surface area contributed by atoms with Crippen molar-refractivity contribution >= 4 is 11.8 Å². The monoisotopic (exact) mass is 468 g/mol. The van der Waals surface area contributed by atoms with Gasteiger partial charge in [0.15, 0.2) is 0 Å². The highest BCUT2D eigenvalue weighted by atomic mass is 16.5. The molecule has 0 N–H and O–H groups in total. The Labute approximate surface area is 204 Å². The summed E-state index contributed by atoms with van der Waals surface area (Å²) >= 11 is 0. The second-order valence-corrected chi connectivity index (χ2v) is 10.9. The summed E-state index contributed by atoms with van der Waals surface area (Å²) in [5.74, 6) is -0.623. The van der Waals surface area contributed by atoms with Crippen LogP contribution in [0.15, 0.2) is 42.5 Å². The van der Waals surface area contributed by atoms with E-state index in [1.807, 2.05) is 84.0 Å². The number of hydrogen-bond acceptors (Lipinski definition) is 5. The predicted octanol–water partition coefficient (Wildman–Crippen LogP) is 6.40. The van der Waals surface area contributed by atoms with E-state index in [0.717, 1.165) is 16.7 Å². The van der Waals surface area contributed by atoms with Gasteiger partial charge >= 0.3 is 5.97 Å². The average Bonchev–Trinajstić information content (AvgIpc) is 2.77. The molecule has 0 bridgehead atoms. The lowest BCUT2D eigenvalue weighted by molar-refractivity contribution is -0.149. The number of hydrogen-bond donors (Lipinski definition) is 0. The highest BCUT2D eigenvalue weighted by Crippen LogP contribution is 2.42. The number of carbonyl (C=O) groups is 2. The van der Waals surface area contributed by atoms with Crippen LogP contribution in [-0.4, -0.2) is 25.5 Å². The number of carbonyl (C=O) groups excluding carboxylic acids is 2. The molecule has 0 radical (unpaired) electrons. The van der Waals surface area contributed by atoms with Crippen molar-refractivity contribution in [2.24, 2.45) is 5.92 Å². The molecule has 0 heterocycles. The first-order chi connectivity index (χ1) is 15.8. The Morgan fingerprint density at radius 3 is 1.97 bits per heavy atom. The molecule has 34 heavy (non-hydrogen) atoms. The minimum absolute atomic E-state index is 0.311. The molecule has 0 unspecified atom stereocenters. The van der Waals surface area contributed by atoms with Gasteiger partial charge in [-0.05, 0) is 41.4 Å². The van der Waals surface area contributed by atoms with Crippen LogP contribution in [0.5, 0.6) is 11.5 Å². The Morgan fingerprint density at radius 2 is 1.47 bits per heavy atom. The van der Waals surface area contributed by atoms with Crippen LogP contribution >= 0.6 is 0 Å². The van der Waals surface area contributed by atoms with Crippen molar-refractivity contribution in [1.29, 1.82) is 0 Å². The van der Waals surface area contributed by atoms with E-state index in [2.05, 4.69) is 0 Å². The summed E-state index contributed by atoms with van der Waals surface area (Å²) < 4.78 is 17.0. The van der Waals surface area contributed by atoms with Crippen LogP contribution in [0.1, 0.15) is 78.0 Å². The average molecular weight is 469 g/mol. The molecule has 0 aromatic heterocycles. The number of esters is 1. The fourth-order valence-corrected chi connectivity index (χ4v) is 3.68. The Kier molecular flexibility index (Phi) is 9.45. The van der Waals surface area contributed by atoms with E-state index in [9.17, 15) is 9.59 Å². The molecule has 2 aromatic carbocycles. The van der Waals surface area contributed by atoms with Gasteiger partial charge in [0, 0.05) is 23.7 Å². The molecule has 0 amide bonds. The summed E-state index contributed by atoms with van der Waals surface area (Å²) in [6.45, 7) is 15.1. The minimum atomic E-state index is -0.820. The van der Waals surface area contributed by atoms with Gasteiger partial charge in [-0.2, -0.15) is 0 Å². The zero-order valence-corrected chi connectivity index (χ0v) is 22.0. The molecule has 5 nitrogen and oxygen atoms in total. The van der Waals surface area contributed by atoms with Crippen LogP contribution in [0.4, 0.5) is 0 Å². The Balaban J connectivity index is 2.07. The van der Waals surface area contributed by atoms with E-state index in [-0.39, 0.29) is 10.8 Å². The molecular formula is C29H40O5. The number of benzene rings is 2. The molecule has 1 atom stereocenters. The van der Waals surface area contributed by atoms with Gasteiger partial charge in [0.2, 0.25) is 5.78 Å². The van der Waals surface area contributed by atoms with Crippen molar-refractivity contribution in [1.82, 2.24) is 0 Å². The van der Waals surface area contributed by atoms with Gasteiger partial charge in [0.1, 0.15) is 11.5 Å². The lowest BCUT2D eigenvalue weighted by atomic mass is 9.79. The Hall–Kier alpha value is -2.66. The third-order valence-electron chi connectivity index (χ3n) is 5.80. The van der Waals surface area contributed by atoms with E-state index < -0.39 is 17.7 Å². The van der Waals surface area contributed by atoms with E-state index in [0.29, 0.717) is 37.6 Å². The second-order valence-electron chi connectivity index (χ2n) is 10.9. The molecule has 5 heteroatoms. The summed E-state index contributed by atoms with van der Waals surface area (Å²) in [6.07, 6.45) is 1.25. The summed E-state index contributed by atoms with van der Waals surface area (Å²) in [6, 6.07) is 13.7. The number of Topliss-reactive ketones (excluding diaryl/α,β-unsaturated/α-hetero) is 1. The smallest absolute Gasteiger partial charge is 0.380 e. The standard InChI is InChI=1S/C29H40O5/c1-20(13-12-16-33-19-21-14-10-9-11-15-21)25(30)27(31)34-26-23(28(2,3)4)17-22(32-8)18-24(26)29(5,6)7/h9-11,14-15,17-18,20H,12-13,16,19H2,1-8H3/t20-/m0/s1. The molecule has 0 fully saturated rings. The van der Waals surface area contributed by atoms with Crippen molar-refractivity contribution in [3.05, 3.63) is 59.2 Å². The Bertz CT molecular complexity index is 929. The molecular weight excluding hydrogens is 428 g/mol. The first-order valence-corrected chi connectivity index (χ1v) is 11.9. The van der Waals surface area contributed by atoms with Crippen LogP contribution in [0.25, 0.3) is 0 Å². The zero-order chi connectivity index (χ0) is 25.5. The predicted molar refractivity (Wildman–Crippen MR) is 136 cm³/mol. The normalized spacial score (nSPS) is 12.8. The van der Waals surface area contributed by atoms with Crippen molar-refractivity contribution < 1.29 is 23.8 Å². The maximum absolute atomic E-state index is 12.9. The number of ketones is 1. The summed E-state index contributed by atoms with van der Waals surface area (Å²) in [4.78, 5) is 25.7. The molecule has 0 spiro atoms. The number of rotatable bonds is 10. The number of methoxy groups -OCH3 is 1. The Morgan fingerprint density at radius 1 is 0.912 bits per heavy atom. The lowest BCUT2D eigenvalue weighted by Crippen LogP contribution is -2.29. The van der Waals surface area contributed by atoms with Gasteiger partial charge in [0.25, 0.3) is 0 Å². The highest BCUT2D eigenvalue weighted by molar-refractivity contribution is 6.35. The van der Waals surface area contributed by atoms with Crippen LogP contribution < -0.4 is 9.47 Å². The minimum Gasteiger partial charge on any atom is -0.497 e. The highest BCUT2D eigenvalue weighted by Gasteiger charge is 2.32. The van der Waals surface area contributed by atoms with Crippen LogP contribution in [-0.2, 0) is 31.8 Å². The van der Waals surface area contributed by atoms with Gasteiger partial charge in [-0.25, -0.2) is 4.79 Å². The SMILES string of the molecule is COc1cc(C(C)(C)C)c(OC(=O)C(=O)[C@@H](C)CCCOCc2ccccc2)c(C(C)(C)C)c1. The molecule has 2 rings (SSSR count). The van der Waals surface area contributed by atoms with Crippen molar-refractivity contribution in [3.8, 4) is 11.5 Å². The molecule has 0 aliphatic heterocycles. The topological polar surface area (TPSA) is 61.8 Å². The van der Waals surface area contributed by atoms with E-state index in [1.54, 1.807) is 14.0 Å². The summed E-state index contributed by atoms with van der Waals surface area (Å²) in [5, 5.41) is 0. The van der Waals surface area contributed by atoms with E-state index in [1.165, 1.54) is 0 Å². The quantitative estimate of drug-likeness (QED) is 0.175. The number of ether oxygens (including phenoxy) is 3. The van der Waals surface area contributed by atoms with Crippen molar-refractivity contribution in [3.63, 3.8) is 0 Å². The molecule has 0 aliphatic rings. The lowest BCUT2D eigenvalue weighted by Gasteiger charge is -2.29. The third-order valence-corrected chi connectivity index (χ3v) is 5.80. The van der Waals surface area contributed by atoms with Crippen LogP contribution in [0, 0.1) is 5.92 Å². The fourth-order valence-electron chi connectivity index (χ4n) is 3.68. The second kappa shape index (κ2) is 11.7. The van der Waals surface area contributed by atoms with Crippen molar-refractivity contribution in [2.45, 2.75) is 78.7 Å².